The van der Waals surface area contributed by atoms with E-state index < -0.39 is 5.41 Å². The number of hydrogen-bond donors (Lipinski definition) is 3. The Kier molecular flexibility index (Phi) is 4.30. The van der Waals surface area contributed by atoms with Crippen molar-refractivity contribution >= 4 is 11.4 Å². The van der Waals surface area contributed by atoms with Crippen LogP contribution in [0.5, 0.6) is 0 Å². The van der Waals surface area contributed by atoms with E-state index in [0.29, 0.717) is 0 Å². The quantitative estimate of drug-likeness (QED) is 0.221. The topological polar surface area (TPSA) is 88.8 Å². The number of hydrazine groups is 1. The van der Waals surface area contributed by atoms with Crippen molar-refractivity contribution < 1.29 is 0 Å². The molecular weight excluding hydrogens is 370 g/mol. The number of benzene rings is 4. The van der Waals surface area contributed by atoms with Crippen LogP contribution >= 0.6 is 0 Å². The molecule has 0 fully saturated rings. The molecule has 0 bridgehead atoms. The second-order valence-electron chi connectivity index (χ2n) is 7.33. The highest BCUT2D eigenvalue weighted by Crippen LogP contribution is 2.56. The van der Waals surface area contributed by atoms with E-state index in [2.05, 4.69) is 88.6 Å². The van der Waals surface area contributed by atoms with E-state index in [1.807, 2.05) is 24.3 Å². The first-order valence-electron chi connectivity index (χ1n) is 9.77. The van der Waals surface area contributed by atoms with Crippen molar-refractivity contribution in [2.24, 2.45) is 22.0 Å². The van der Waals surface area contributed by atoms with Gasteiger partial charge in [-0.1, -0.05) is 78.0 Å². The fourth-order valence-corrected chi connectivity index (χ4v) is 4.68. The van der Waals surface area contributed by atoms with Crippen LogP contribution in [-0.4, -0.2) is 0 Å². The van der Waals surface area contributed by atoms with Crippen molar-refractivity contribution in [3.8, 4) is 11.1 Å². The van der Waals surface area contributed by atoms with Crippen LogP contribution in [0.1, 0.15) is 22.3 Å². The normalized spacial score (nSPS) is 13.8. The molecule has 5 N–H and O–H groups in total. The molecule has 0 spiro atoms. The molecule has 0 aliphatic heterocycles. The molecule has 5 heteroatoms. The van der Waals surface area contributed by atoms with Crippen molar-refractivity contribution in [3.63, 3.8) is 0 Å². The summed E-state index contributed by atoms with van der Waals surface area (Å²) in [5, 5.41) is 7.37. The van der Waals surface area contributed by atoms with Gasteiger partial charge in [-0.25, -0.2) is 0 Å². The highest BCUT2D eigenvalue weighted by molar-refractivity contribution is 5.86. The first kappa shape index (κ1) is 18.1. The number of nitrogens with two attached hydrogens (primary N) is 2. The molecular formula is C25H21N5. The average Bonchev–Trinajstić information content (AvgIpc) is 3.11. The number of anilines is 1. The van der Waals surface area contributed by atoms with Crippen molar-refractivity contribution in [2.45, 2.75) is 5.41 Å². The Morgan fingerprint density at radius 2 is 1.13 bits per heavy atom. The van der Waals surface area contributed by atoms with Gasteiger partial charge in [0.2, 0.25) is 0 Å². The molecule has 5 nitrogen and oxygen atoms in total. The predicted molar refractivity (Wildman–Crippen MR) is 120 cm³/mol. The maximum absolute atomic E-state index is 5.62. The van der Waals surface area contributed by atoms with Crippen LogP contribution < -0.4 is 17.1 Å². The van der Waals surface area contributed by atoms with Gasteiger partial charge in [-0.2, -0.15) is 0 Å². The molecule has 0 heterocycles. The Labute approximate surface area is 175 Å². The summed E-state index contributed by atoms with van der Waals surface area (Å²) < 4.78 is 0. The first-order chi connectivity index (χ1) is 14.8. The highest BCUT2D eigenvalue weighted by Gasteiger charge is 2.45. The highest BCUT2D eigenvalue weighted by atomic mass is 15.3. The molecule has 1 aliphatic carbocycles. The van der Waals surface area contributed by atoms with Crippen LogP contribution in [-0.2, 0) is 5.41 Å². The Morgan fingerprint density at radius 1 is 0.633 bits per heavy atom. The number of nitrogens with zero attached hydrogens (tertiary/aromatic N) is 2. The molecule has 0 saturated carbocycles. The monoisotopic (exact) mass is 391 g/mol. The Hall–Kier alpha value is -3.96. The van der Waals surface area contributed by atoms with Crippen LogP contribution in [0.4, 0.5) is 11.4 Å². The summed E-state index contributed by atoms with van der Waals surface area (Å²) in [6.07, 6.45) is 0. The third-order valence-corrected chi connectivity index (χ3v) is 5.91. The number of hydrogen-bond acceptors (Lipinski definition) is 4. The Balaban J connectivity index is 1.86. The molecule has 4 aromatic carbocycles. The van der Waals surface area contributed by atoms with Crippen molar-refractivity contribution in [3.05, 3.63) is 119 Å². The van der Waals surface area contributed by atoms with Crippen LogP contribution in [0.15, 0.2) is 107 Å². The molecule has 4 aromatic rings. The summed E-state index contributed by atoms with van der Waals surface area (Å²) in [5.41, 5.74) is 11.2. The van der Waals surface area contributed by atoms with Crippen LogP contribution in [0.3, 0.4) is 0 Å². The van der Waals surface area contributed by atoms with Gasteiger partial charge >= 0.3 is 0 Å². The third kappa shape index (κ3) is 2.53. The molecule has 0 amide bonds. The van der Waals surface area contributed by atoms with E-state index in [-0.39, 0.29) is 0 Å². The van der Waals surface area contributed by atoms with Crippen molar-refractivity contribution in [2.75, 3.05) is 5.43 Å². The minimum absolute atomic E-state index is 0.446. The van der Waals surface area contributed by atoms with Gasteiger partial charge in [-0.05, 0) is 57.6 Å². The first-order valence-corrected chi connectivity index (χ1v) is 9.77. The molecule has 0 aromatic heterocycles. The molecule has 1 aliphatic rings. The molecule has 0 saturated heterocycles. The van der Waals surface area contributed by atoms with E-state index in [9.17, 15) is 0 Å². The molecule has 0 radical (unpaired) electrons. The van der Waals surface area contributed by atoms with Gasteiger partial charge < -0.3 is 11.3 Å². The Morgan fingerprint density at radius 3 is 1.63 bits per heavy atom. The maximum atomic E-state index is 5.62. The third-order valence-electron chi connectivity index (χ3n) is 5.91. The fraction of sp³-hybridized carbons (Fsp3) is 0.0400. The van der Waals surface area contributed by atoms with E-state index in [1.165, 1.54) is 27.8 Å². The summed E-state index contributed by atoms with van der Waals surface area (Å²) in [7, 11) is 0. The lowest BCUT2D eigenvalue weighted by Gasteiger charge is -2.34. The SMILES string of the molecule is NN=Nc1ccc(C2(c3ccc(NN)cc3)c3ccccc3-c3ccccc32)cc1. The lowest BCUT2D eigenvalue weighted by atomic mass is 9.67. The smallest absolute Gasteiger partial charge is 0.0874 e. The molecule has 0 atom stereocenters. The molecule has 146 valence electrons. The predicted octanol–water partition coefficient (Wildman–Crippen LogP) is 5.29. The van der Waals surface area contributed by atoms with Gasteiger partial charge in [-0.3, -0.25) is 5.84 Å². The van der Waals surface area contributed by atoms with E-state index in [4.69, 9.17) is 11.7 Å². The zero-order valence-electron chi connectivity index (χ0n) is 16.3. The number of fused-ring (bicyclic) bond motifs is 3. The molecule has 5 rings (SSSR count). The number of nitrogens with one attached hydrogen (secondary N) is 1. The summed E-state index contributed by atoms with van der Waals surface area (Å²) in [6.45, 7) is 0. The van der Waals surface area contributed by atoms with E-state index in [1.54, 1.807) is 0 Å². The number of nitrogen functional groups attached to an aromatic ring is 1. The van der Waals surface area contributed by atoms with Crippen molar-refractivity contribution in [1.82, 2.24) is 0 Å². The summed E-state index contributed by atoms with van der Waals surface area (Å²) in [6, 6.07) is 33.7. The lowest BCUT2D eigenvalue weighted by molar-refractivity contribution is 0.768. The van der Waals surface area contributed by atoms with Crippen LogP contribution in [0, 0.1) is 0 Å². The fourth-order valence-electron chi connectivity index (χ4n) is 4.68. The minimum Gasteiger partial charge on any atom is -0.324 e. The summed E-state index contributed by atoms with van der Waals surface area (Å²) >= 11 is 0. The maximum Gasteiger partial charge on any atom is 0.0874 e. The zero-order chi connectivity index (χ0) is 20.6. The van der Waals surface area contributed by atoms with Gasteiger partial charge in [0.15, 0.2) is 0 Å². The second-order valence-corrected chi connectivity index (χ2v) is 7.33. The van der Waals surface area contributed by atoms with Gasteiger partial charge in [0.25, 0.3) is 0 Å². The zero-order valence-corrected chi connectivity index (χ0v) is 16.3. The largest absolute Gasteiger partial charge is 0.324 e. The van der Waals surface area contributed by atoms with Gasteiger partial charge in [0, 0.05) is 5.69 Å². The number of rotatable bonds is 4. The molecule has 30 heavy (non-hydrogen) atoms. The summed E-state index contributed by atoms with van der Waals surface area (Å²) in [5.74, 6) is 10.8. The van der Waals surface area contributed by atoms with Gasteiger partial charge in [0.1, 0.15) is 0 Å². The lowest BCUT2D eigenvalue weighted by Crippen LogP contribution is -2.28. The van der Waals surface area contributed by atoms with Gasteiger partial charge in [-0.15, -0.1) is 5.11 Å². The van der Waals surface area contributed by atoms with Crippen molar-refractivity contribution in [1.29, 1.82) is 0 Å². The Bertz CT molecular complexity index is 1180. The van der Waals surface area contributed by atoms with Crippen LogP contribution in [0.25, 0.3) is 11.1 Å². The summed E-state index contributed by atoms with van der Waals surface area (Å²) in [4.78, 5) is 0. The van der Waals surface area contributed by atoms with Gasteiger partial charge in [0.05, 0.1) is 11.1 Å². The van der Waals surface area contributed by atoms with E-state index >= 15 is 0 Å². The minimum atomic E-state index is -0.446. The standard InChI is InChI=1S/C25H21N5/c26-28-19-13-9-17(10-14-19)25(18-11-15-20(16-12-18)29-30-27)23-7-3-1-5-21(23)22-6-2-4-8-24(22)25/h1-16,28H,26H2,(H2,27,29). The second kappa shape index (κ2) is 7.13. The molecule has 0 unspecified atom stereocenters. The average molecular weight is 391 g/mol. The van der Waals surface area contributed by atoms with E-state index in [0.717, 1.165) is 16.9 Å². The van der Waals surface area contributed by atoms with Crippen LogP contribution in [0.2, 0.25) is 0 Å².